The average molecular weight is 303 g/mol. The molecular formula is C20H17NO2. The van der Waals surface area contributed by atoms with Crippen LogP contribution in [0.15, 0.2) is 42.5 Å². The number of nitrogens with zero attached hydrogens (tertiary/aromatic N) is 1. The number of hydrogen-bond acceptors (Lipinski definition) is 2. The number of allylic oxidation sites excluding steroid dienone is 1. The number of fused-ring (bicyclic) bond motifs is 4. The zero-order valence-corrected chi connectivity index (χ0v) is 13.1. The molecule has 0 spiro atoms. The standard InChI is InChI=1S/C20H17NO2/c1-20(2)10-9-12-7-8-16-17(14(12)11-20)18(19(22)23)13-5-3-4-6-15(13)21-16/h3-10H,11H2,1-2H3,(H,22,23). The van der Waals surface area contributed by atoms with Crippen molar-refractivity contribution in [2.75, 3.05) is 0 Å². The van der Waals surface area contributed by atoms with E-state index in [9.17, 15) is 9.90 Å². The quantitative estimate of drug-likeness (QED) is 0.664. The molecule has 3 aromatic rings. The van der Waals surface area contributed by atoms with Gasteiger partial charge < -0.3 is 5.11 Å². The Hall–Kier alpha value is -2.68. The van der Waals surface area contributed by atoms with Gasteiger partial charge in [-0.2, -0.15) is 0 Å². The summed E-state index contributed by atoms with van der Waals surface area (Å²) in [7, 11) is 0. The van der Waals surface area contributed by atoms with Crippen LogP contribution in [0.25, 0.3) is 27.9 Å². The fraction of sp³-hybridized carbons (Fsp3) is 0.200. The molecule has 1 aliphatic carbocycles. The van der Waals surface area contributed by atoms with E-state index < -0.39 is 5.97 Å². The first-order chi connectivity index (χ1) is 11.0. The van der Waals surface area contributed by atoms with Gasteiger partial charge in [0.1, 0.15) is 0 Å². The van der Waals surface area contributed by atoms with Crippen molar-refractivity contribution in [1.82, 2.24) is 4.98 Å². The van der Waals surface area contributed by atoms with Crippen LogP contribution in [0.2, 0.25) is 0 Å². The van der Waals surface area contributed by atoms with Crippen LogP contribution < -0.4 is 0 Å². The Kier molecular flexibility index (Phi) is 2.82. The van der Waals surface area contributed by atoms with Crippen LogP contribution >= 0.6 is 0 Å². The third-order valence-electron chi connectivity index (χ3n) is 4.55. The summed E-state index contributed by atoms with van der Waals surface area (Å²) in [6, 6.07) is 11.4. The Morgan fingerprint density at radius 1 is 1.13 bits per heavy atom. The highest BCUT2D eigenvalue weighted by Gasteiger charge is 2.26. The molecule has 0 bridgehead atoms. The minimum Gasteiger partial charge on any atom is -0.478 e. The van der Waals surface area contributed by atoms with Gasteiger partial charge in [-0.25, -0.2) is 9.78 Å². The maximum absolute atomic E-state index is 12.0. The molecule has 114 valence electrons. The summed E-state index contributed by atoms with van der Waals surface area (Å²) in [5.74, 6) is -0.894. The van der Waals surface area contributed by atoms with Crippen molar-refractivity contribution in [2.24, 2.45) is 5.41 Å². The van der Waals surface area contributed by atoms with Gasteiger partial charge in [0, 0.05) is 10.8 Å². The molecular weight excluding hydrogens is 286 g/mol. The number of rotatable bonds is 1. The van der Waals surface area contributed by atoms with Gasteiger partial charge in [0.2, 0.25) is 0 Å². The molecule has 0 aliphatic heterocycles. The lowest BCUT2D eigenvalue weighted by molar-refractivity contribution is 0.0701. The molecule has 0 fully saturated rings. The molecule has 0 atom stereocenters. The molecule has 3 heteroatoms. The van der Waals surface area contributed by atoms with Gasteiger partial charge in [0.05, 0.1) is 16.6 Å². The molecule has 0 radical (unpaired) electrons. The predicted octanol–water partition coefficient (Wildman–Crippen LogP) is 4.68. The lowest BCUT2D eigenvalue weighted by atomic mass is 9.77. The highest BCUT2D eigenvalue weighted by Crippen LogP contribution is 2.38. The fourth-order valence-electron chi connectivity index (χ4n) is 3.47. The summed E-state index contributed by atoms with van der Waals surface area (Å²) in [5, 5.41) is 11.4. The van der Waals surface area contributed by atoms with E-state index in [-0.39, 0.29) is 5.41 Å². The molecule has 1 heterocycles. The van der Waals surface area contributed by atoms with E-state index in [1.54, 1.807) is 0 Å². The van der Waals surface area contributed by atoms with Gasteiger partial charge in [-0.15, -0.1) is 0 Å². The van der Waals surface area contributed by atoms with Crippen molar-refractivity contribution < 1.29 is 9.90 Å². The maximum atomic E-state index is 12.0. The Balaban J connectivity index is 2.21. The summed E-state index contributed by atoms with van der Waals surface area (Å²) >= 11 is 0. The smallest absolute Gasteiger partial charge is 0.337 e. The Morgan fingerprint density at radius 2 is 1.91 bits per heavy atom. The normalized spacial score (nSPS) is 15.7. The highest BCUT2D eigenvalue weighted by molar-refractivity contribution is 6.15. The van der Waals surface area contributed by atoms with E-state index in [4.69, 9.17) is 0 Å². The van der Waals surface area contributed by atoms with Crippen molar-refractivity contribution in [2.45, 2.75) is 20.3 Å². The predicted molar refractivity (Wildman–Crippen MR) is 92.7 cm³/mol. The second kappa shape index (κ2) is 4.66. The molecule has 1 aliphatic rings. The Labute approximate surface area is 134 Å². The van der Waals surface area contributed by atoms with Crippen molar-refractivity contribution in [3.8, 4) is 0 Å². The summed E-state index contributed by atoms with van der Waals surface area (Å²) in [6.07, 6.45) is 5.10. The molecule has 23 heavy (non-hydrogen) atoms. The number of para-hydroxylation sites is 1. The van der Waals surface area contributed by atoms with Crippen LogP contribution in [-0.4, -0.2) is 16.1 Å². The number of hydrogen-bond donors (Lipinski definition) is 1. The third kappa shape index (κ3) is 2.12. The number of benzene rings is 2. The molecule has 0 saturated heterocycles. The monoisotopic (exact) mass is 303 g/mol. The van der Waals surface area contributed by atoms with E-state index in [1.807, 2.05) is 36.4 Å². The first-order valence-electron chi connectivity index (χ1n) is 7.73. The fourth-order valence-corrected chi connectivity index (χ4v) is 3.47. The van der Waals surface area contributed by atoms with Gasteiger partial charge in [-0.1, -0.05) is 50.3 Å². The summed E-state index contributed by atoms with van der Waals surface area (Å²) in [5.41, 5.74) is 4.05. The highest BCUT2D eigenvalue weighted by atomic mass is 16.4. The molecule has 0 amide bonds. The SMILES string of the molecule is CC1(C)C=Cc2ccc3nc4ccccc4c(C(=O)O)c3c2C1. The Morgan fingerprint density at radius 3 is 2.70 bits per heavy atom. The van der Waals surface area contributed by atoms with Gasteiger partial charge in [0.15, 0.2) is 0 Å². The van der Waals surface area contributed by atoms with E-state index in [0.29, 0.717) is 10.9 Å². The van der Waals surface area contributed by atoms with Crippen molar-refractivity contribution in [3.05, 3.63) is 59.2 Å². The molecule has 4 rings (SSSR count). The zero-order chi connectivity index (χ0) is 16.2. The van der Waals surface area contributed by atoms with Crippen molar-refractivity contribution in [3.63, 3.8) is 0 Å². The van der Waals surface area contributed by atoms with Gasteiger partial charge in [-0.05, 0) is 35.1 Å². The number of aromatic nitrogens is 1. The van der Waals surface area contributed by atoms with Gasteiger partial charge in [0.25, 0.3) is 0 Å². The van der Waals surface area contributed by atoms with Crippen LogP contribution in [0.5, 0.6) is 0 Å². The Bertz CT molecular complexity index is 999. The third-order valence-corrected chi connectivity index (χ3v) is 4.55. The molecule has 0 saturated carbocycles. The second-order valence-electron chi connectivity index (χ2n) is 6.84. The van der Waals surface area contributed by atoms with Crippen LogP contribution in [-0.2, 0) is 6.42 Å². The summed E-state index contributed by atoms with van der Waals surface area (Å²) in [6.45, 7) is 4.33. The van der Waals surface area contributed by atoms with Crippen molar-refractivity contribution in [1.29, 1.82) is 0 Å². The van der Waals surface area contributed by atoms with E-state index >= 15 is 0 Å². The van der Waals surface area contributed by atoms with Crippen LogP contribution in [0.3, 0.4) is 0 Å². The summed E-state index contributed by atoms with van der Waals surface area (Å²) < 4.78 is 0. The number of carbonyl (C=O) groups is 1. The largest absolute Gasteiger partial charge is 0.478 e. The first-order valence-corrected chi connectivity index (χ1v) is 7.73. The van der Waals surface area contributed by atoms with Gasteiger partial charge in [-0.3, -0.25) is 0 Å². The first kappa shape index (κ1) is 13.9. The van der Waals surface area contributed by atoms with Crippen LogP contribution in [0.4, 0.5) is 0 Å². The number of pyridine rings is 1. The molecule has 3 nitrogen and oxygen atoms in total. The van der Waals surface area contributed by atoms with Gasteiger partial charge >= 0.3 is 5.97 Å². The zero-order valence-electron chi connectivity index (χ0n) is 13.1. The lowest BCUT2D eigenvalue weighted by Gasteiger charge is -2.27. The average Bonchev–Trinajstić information content (AvgIpc) is 2.51. The van der Waals surface area contributed by atoms with E-state index in [0.717, 1.165) is 34.0 Å². The number of carboxylic acids is 1. The van der Waals surface area contributed by atoms with E-state index in [1.165, 1.54) is 0 Å². The number of carboxylic acid groups (broad SMARTS) is 1. The van der Waals surface area contributed by atoms with E-state index in [2.05, 4.69) is 31.0 Å². The minimum absolute atomic E-state index is 0.0166. The molecule has 1 aromatic heterocycles. The topological polar surface area (TPSA) is 50.2 Å². The minimum atomic E-state index is -0.894. The summed E-state index contributed by atoms with van der Waals surface area (Å²) in [4.78, 5) is 16.7. The molecule has 1 N–H and O–H groups in total. The lowest BCUT2D eigenvalue weighted by Crippen LogP contribution is -2.17. The maximum Gasteiger partial charge on any atom is 0.337 e. The van der Waals surface area contributed by atoms with Crippen molar-refractivity contribution >= 4 is 33.9 Å². The molecule has 0 unspecified atom stereocenters. The van der Waals surface area contributed by atoms with Crippen LogP contribution in [0, 0.1) is 5.41 Å². The number of aromatic carboxylic acids is 1. The van der Waals surface area contributed by atoms with Crippen LogP contribution in [0.1, 0.15) is 35.3 Å². The molecule has 2 aromatic carbocycles. The second-order valence-corrected chi connectivity index (χ2v) is 6.84.